The van der Waals surface area contributed by atoms with Gasteiger partial charge in [-0.05, 0) is 0 Å². The van der Waals surface area contributed by atoms with E-state index in [9.17, 15) is 0 Å². The average molecular weight is 262 g/mol. The monoisotopic (exact) mass is 262 g/mol. The third kappa shape index (κ3) is 3.58. The van der Waals surface area contributed by atoms with E-state index in [0.29, 0.717) is 0 Å². The summed E-state index contributed by atoms with van der Waals surface area (Å²) in [7, 11) is 0. The molecule has 0 unspecified atom stereocenters. The van der Waals surface area contributed by atoms with Crippen LogP contribution in [-0.4, -0.2) is 5.08 Å². The second-order valence-corrected chi connectivity index (χ2v) is 5.11. The van der Waals surface area contributed by atoms with Crippen molar-refractivity contribution in [2.45, 2.75) is 9.79 Å². The van der Waals surface area contributed by atoms with E-state index < -0.39 is 0 Å². The smallest absolute Gasteiger partial charge is 0.000888 e. The fraction of sp³-hybridized carbons (Fsp3) is 0.0909. The Morgan fingerprint density at radius 1 is 1.00 bits per heavy atom. The van der Waals surface area contributed by atoms with E-state index in [1.807, 2.05) is 23.5 Å². The predicted molar refractivity (Wildman–Crippen MR) is 60.7 cm³/mol. The maximum absolute atomic E-state index is 2.15. The van der Waals surface area contributed by atoms with Gasteiger partial charge in [0.25, 0.3) is 0 Å². The molecule has 2 rings (SSSR count). The van der Waals surface area contributed by atoms with Crippen molar-refractivity contribution in [3.8, 4) is 0 Å². The maximum Gasteiger partial charge on any atom is 0.000888 e. The first-order valence-electron chi connectivity index (χ1n) is 4.14. The van der Waals surface area contributed by atoms with Crippen LogP contribution in [-0.2, 0) is 17.1 Å². The van der Waals surface area contributed by atoms with Crippen molar-refractivity contribution in [3.63, 3.8) is 0 Å². The molecule has 2 aromatic rings. The van der Waals surface area contributed by atoms with Gasteiger partial charge < -0.3 is 40.9 Å². The Hall–Kier alpha value is -0.0805. The van der Waals surface area contributed by atoms with Gasteiger partial charge in [-0.1, -0.05) is 0 Å². The summed E-state index contributed by atoms with van der Waals surface area (Å²) in [6.45, 7) is 0. The van der Waals surface area contributed by atoms with Gasteiger partial charge in [-0.15, -0.1) is 4.90 Å². The molecule has 3 heteroatoms. The molecule has 0 N–H and O–H groups in total. The minimum atomic E-state index is 0. The summed E-state index contributed by atoms with van der Waals surface area (Å²) in [6.07, 6.45) is 0. The topological polar surface area (TPSA) is 0 Å². The van der Waals surface area contributed by atoms with Gasteiger partial charge in [0.05, 0.1) is 0 Å². The molecule has 0 heterocycles. The molecule has 0 saturated heterocycles. The molecule has 0 spiro atoms. The summed E-state index contributed by atoms with van der Waals surface area (Å²) in [4.78, 5) is 2.72. The van der Waals surface area contributed by atoms with Crippen molar-refractivity contribution in [1.29, 1.82) is 0 Å². The van der Waals surface area contributed by atoms with Crippen LogP contribution in [0, 0.1) is 0 Å². The molecule has 0 aromatic heterocycles. The van der Waals surface area contributed by atoms with Gasteiger partial charge in [0.15, 0.2) is 0 Å². The standard InChI is InChI=1S/C11H10S2.Fe/c1-2-6-10(5-1)12-9-13-11-7-3-4-8-11;/h1-8H,9H2;/q-6;. The van der Waals surface area contributed by atoms with Gasteiger partial charge in [-0.2, -0.15) is 23.9 Å². The Balaban J connectivity index is 0.000000980. The zero-order valence-corrected chi connectivity index (χ0v) is 10.2. The van der Waals surface area contributed by atoms with Crippen LogP contribution in [0.15, 0.2) is 58.3 Å². The van der Waals surface area contributed by atoms with Crippen molar-refractivity contribution >= 4 is 23.5 Å². The van der Waals surface area contributed by atoms with Crippen LogP contribution < -0.4 is 0 Å². The van der Waals surface area contributed by atoms with Crippen LogP contribution in [0.1, 0.15) is 0 Å². The molecular formula is C11H10FeS2-6. The Labute approximate surface area is 104 Å². The molecule has 2 aromatic carbocycles. The van der Waals surface area contributed by atoms with E-state index in [4.69, 9.17) is 0 Å². The fourth-order valence-electron chi connectivity index (χ4n) is 1.07. The van der Waals surface area contributed by atoms with Crippen LogP contribution in [0.2, 0.25) is 0 Å². The predicted octanol–water partition coefficient (Wildman–Crippen LogP) is 3.96. The Kier molecular flexibility index (Phi) is 5.49. The van der Waals surface area contributed by atoms with Gasteiger partial charge in [0, 0.05) is 22.2 Å². The third-order valence-electron chi connectivity index (χ3n) is 1.72. The average Bonchev–Trinajstić information content (AvgIpc) is 2.75. The fourth-order valence-corrected chi connectivity index (χ4v) is 3.09. The minimum Gasteiger partial charge on any atom is -0.747 e. The third-order valence-corrected chi connectivity index (χ3v) is 3.87. The minimum absolute atomic E-state index is 0. The summed E-state index contributed by atoms with van der Waals surface area (Å²) in [5.74, 6) is 0. The zero-order chi connectivity index (χ0) is 8.93. The second kappa shape index (κ2) is 6.41. The normalized spacial score (nSPS) is 9.71. The van der Waals surface area contributed by atoms with Crippen molar-refractivity contribution in [1.82, 2.24) is 0 Å². The molecule has 0 nitrogen and oxygen atoms in total. The number of rotatable bonds is 4. The first kappa shape index (κ1) is 12.0. The van der Waals surface area contributed by atoms with Crippen LogP contribution in [0.25, 0.3) is 0 Å². The summed E-state index contributed by atoms with van der Waals surface area (Å²) in [6, 6.07) is 16.9. The molecule has 80 valence electrons. The molecule has 0 atom stereocenters. The van der Waals surface area contributed by atoms with Crippen molar-refractivity contribution in [2.24, 2.45) is 0 Å². The van der Waals surface area contributed by atoms with Gasteiger partial charge >= 0.3 is 0 Å². The summed E-state index contributed by atoms with van der Waals surface area (Å²) in [5, 5.41) is 1.09. The first-order chi connectivity index (χ1) is 6.45. The Morgan fingerprint density at radius 3 is 2.29 bits per heavy atom. The number of thioether (sulfide) groups is 2. The van der Waals surface area contributed by atoms with Gasteiger partial charge in [0.1, 0.15) is 0 Å². The van der Waals surface area contributed by atoms with E-state index in [2.05, 4.69) is 48.5 Å². The van der Waals surface area contributed by atoms with Crippen LogP contribution in [0.3, 0.4) is 0 Å². The maximum atomic E-state index is 2.15. The van der Waals surface area contributed by atoms with Crippen LogP contribution in [0.5, 0.6) is 0 Å². The SMILES string of the molecule is [Fe].c1cc[c-](SCS[c-]2[cH-][cH-][cH-][cH-]2)c1. The first-order valence-corrected chi connectivity index (χ1v) is 6.11. The number of hydrogen-bond acceptors (Lipinski definition) is 2. The zero-order valence-electron chi connectivity index (χ0n) is 7.50. The van der Waals surface area contributed by atoms with E-state index in [0.717, 1.165) is 5.08 Å². The van der Waals surface area contributed by atoms with E-state index >= 15 is 0 Å². The van der Waals surface area contributed by atoms with Crippen molar-refractivity contribution in [3.05, 3.63) is 48.5 Å². The van der Waals surface area contributed by atoms with Gasteiger partial charge in [0.2, 0.25) is 0 Å². The van der Waals surface area contributed by atoms with Crippen molar-refractivity contribution < 1.29 is 17.1 Å². The Morgan fingerprint density at radius 2 is 1.64 bits per heavy atom. The van der Waals surface area contributed by atoms with Gasteiger partial charge in [-0.3, -0.25) is 0 Å². The van der Waals surface area contributed by atoms with Crippen LogP contribution >= 0.6 is 23.5 Å². The molecule has 0 aliphatic heterocycles. The molecule has 0 aliphatic carbocycles. The summed E-state index contributed by atoms with van der Waals surface area (Å²) >= 11 is 3.78. The molecular weight excluding hydrogens is 252 g/mol. The van der Waals surface area contributed by atoms with E-state index in [1.165, 1.54) is 9.79 Å². The van der Waals surface area contributed by atoms with E-state index in [-0.39, 0.29) is 17.1 Å². The number of hydrogen-bond donors (Lipinski definition) is 0. The van der Waals surface area contributed by atoms with Crippen LogP contribution in [0.4, 0.5) is 0 Å². The Bertz CT molecular complexity index is 290. The summed E-state index contributed by atoms with van der Waals surface area (Å²) < 4.78 is 0. The molecule has 0 saturated carbocycles. The quantitative estimate of drug-likeness (QED) is 0.354. The summed E-state index contributed by atoms with van der Waals surface area (Å²) in [5.41, 5.74) is 0. The van der Waals surface area contributed by atoms with Crippen molar-refractivity contribution in [2.75, 3.05) is 5.08 Å². The van der Waals surface area contributed by atoms with E-state index in [1.54, 1.807) is 0 Å². The second-order valence-electron chi connectivity index (χ2n) is 2.65. The molecule has 0 fully saturated rings. The molecule has 0 bridgehead atoms. The molecule has 14 heavy (non-hydrogen) atoms. The molecule has 0 amide bonds. The largest absolute Gasteiger partial charge is 0.747 e. The van der Waals surface area contributed by atoms with Gasteiger partial charge in [-0.25, -0.2) is 12.1 Å². The molecule has 0 radical (unpaired) electrons. The molecule has 0 aliphatic rings.